The van der Waals surface area contributed by atoms with Gasteiger partial charge in [-0.2, -0.15) is 0 Å². The highest BCUT2D eigenvalue weighted by molar-refractivity contribution is 5.10. The van der Waals surface area contributed by atoms with Gasteiger partial charge < -0.3 is 5.11 Å². The van der Waals surface area contributed by atoms with Crippen molar-refractivity contribution in [3.8, 4) is 0 Å². The minimum absolute atomic E-state index is 0.167. The van der Waals surface area contributed by atoms with Crippen LogP contribution in [-0.4, -0.2) is 11.7 Å². The average Bonchev–Trinajstić information content (AvgIpc) is 2.16. The molecule has 0 bridgehead atoms. The summed E-state index contributed by atoms with van der Waals surface area (Å²) in [6, 6.07) is 0. The fraction of sp³-hybridized carbons (Fsp3) is 0.667. The van der Waals surface area contributed by atoms with Gasteiger partial charge in [-0.25, -0.2) is 0 Å². The van der Waals surface area contributed by atoms with E-state index in [2.05, 4.69) is 13.0 Å². The van der Waals surface area contributed by atoms with Crippen molar-refractivity contribution in [1.29, 1.82) is 0 Å². The van der Waals surface area contributed by atoms with Crippen LogP contribution in [0.25, 0.3) is 0 Å². The smallest absolute Gasteiger partial charge is 0.0642 e. The third kappa shape index (κ3) is 9.35. The lowest BCUT2D eigenvalue weighted by Crippen LogP contribution is -1.81. The molecule has 1 heteroatoms. The highest BCUT2D eigenvalue weighted by Crippen LogP contribution is 2.03. The van der Waals surface area contributed by atoms with Gasteiger partial charge in [0, 0.05) is 0 Å². The van der Waals surface area contributed by atoms with E-state index >= 15 is 0 Å². The van der Waals surface area contributed by atoms with Crippen molar-refractivity contribution >= 4 is 0 Å². The zero-order valence-electron chi connectivity index (χ0n) is 8.92. The van der Waals surface area contributed by atoms with Gasteiger partial charge in [0.15, 0.2) is 0 Å². The second kappa shape index (κ2) is 9.53. The van der Waals surface area contributed by atoms with Gasteiger partial charge in [0.05, 0.1) is 6.61 Å². The van der Waals surface area contributed by atoms with E-state index in [1.54, 1.807) is 0 Å². The number of hydrogen-bond acceptors (Lipinski definition) is 1. The summed E-state index contributed by atoms with van der Waals surface area (Å²) in [5.74, 6) is 0. The fourth-order valence-corrected chi connectivity index (χ4v) is 1.07. The van der Waals surface area contributed by atoms with Crippen LogP contribution in [-0.2, 0) is 0 Å². The van der Waals surface area contributed by atoms with Gasteiger partial charge in [0.2, 0.25) is 0 Å². The van der Waals surface area contributed by atoms with Crippen molar-refractivity contribution in [2.75, 3.05) is 6.61 Å². The van der Waals surface area contributed by atoms with Gasteiger partial charge in [-0.1, -0.05) is 44.4 Å². The minimum Gasteiger partial charge on any atom is -0.392 e. The summed E-state index contributed by atoms with van der Waals surface area (Å²) in [4.78, 5) is 0. The van der Waals surface area contributed by atoms with Crippen LogP contribution in [0.5, 0.6) is 0 Å². The van der Waals surface area contributed by atoms with Crippen LogP contribution >= 0.6 is 0 Å². The molecule has 0 aromatic heterocycles. The van der Waals surface area contributed by atoms with E-state index < -0.39 is 0 Å². The summed E-state index contributed by atoms with van der Waals surface area (Å²) in [6.07, 6.45) is 12.6. The average molecular weight is 182 g/mol. The van der Waals surface area contributed by atoms with E-state index in [9.17, 15) is 0 Å². The van der Waals surface area contributed by atoms with E-state index in [0.717, 1.165) is 12.0 Å². The molecule has 13 heavy (non-hydrogen) atoms. The summed E-state index contributed by atoms with van der Waals surface area (Å²) < 4.78 is 0. The van der Waals surface area contributed by atoms with Gasteiger partial charge >= 0.3 is 0 Å². The van der Waals surface area contributed by atoms with Crippen molar-refractivity contribution < 1.29 is 5.11 Å². The fourth-order valence-electron chi connectivity index (χ4n) is 1.07. The highest BCUT2D eigenvalue weighted by atomic mass is 16.3. The number of unbranched alkanes of at least 4 members (excludes halogenated alkanes) is 4. The normalized spacial score (nSPS) is 12.7. The van der Waals surface area contributed by atoms with E-state index in [4.69, 9.17) is 5.11 Å². The largest absolute Gasteiger partial charge is 0.392 e. The monoisotopic (exact) mass is 182 g/mol. The Morgan fingerprint density at radius 1 is 1.23 bits per heavy atom. The lowest BCUT2D eigenvalue weighted by atomic mass is 10.1. The second-order valence-electron chi connectivity index (χ2n) is 3.45. The van der Waals surface area contributed by atoms with Crippen molar-refractivity contribution in [1.82, 2.24) is 0 Å². The van der Waals surface area contributed by atoms with Gasteiger partial charge in [-0.15, -0.1) is 0 Å². The summed E-state index contributed by atoms with van der Waals surface area (Å²) in [7, 11) is 0. The highest BCUT2D eigenvalue weighted by Gasteiger charge is 1.84. The van der Waals surface area contributed by atoms with Crippen LogP contribution in [0.3, 0.4) is 0 Å². The topological polar surface area (TPSA) is 20.2 Å². The number of hydrogen-bond donors (Lipinski definition) is 1. The number of allylic oxidation sites excluding steroid dienone is 3. The summed E-state index contributed by atoms with van der Waals surface area (Å²) in [6.45, 7) is 4.32. The zero-order valence-corrected chi connectivity index (χ0v) is 8.92. The predicted molar refractivity (Wildman–Crippen MR) is 58.7 cm³/mol. The van der Waals surface area contributed by atoms with E-state index in [1.807, 2.05) is 19.1 Å². The Hall–Kier alpha value is -0.560. The first-order valence-electron chi connectivity index (χ1n) is 5.24. The maximum Gasteiger partial charge on any atom is 0.0642 e. The van der Waals surface area contributed by atoms with Gasteiger partial charge in [-0.3, -0.25) is 0 Å². The van der Waals surface area contributed by atoms with Crippen LogP contribution < -0.4 is 0 Å². The summed E-state index contributed by atoms with van der Waals surface area (Å²) >= 11 is 0. The van der Waals surface area contributed by atoms with Crippen LogP contribution in [0.1, 0.15) is 46.0 Å². The minimum atomic E-state index is 0.167. The molecule has 0 aliphatic rings. The van der Waals surface area contributed by atoms with Gasteiger partial charge in [0.25, 0.3) is 0 Å². The Kier molecular flexibility index (Phi) is 9.12. The van der Waals surface area contributed by atoms with Crippen LogP contribution in [0.4, 0.5) is 0 Å². The molecule has 0 aliphatic heterocycles. The van der Waals surface area contributed by atoms with Crippen molar-refractivity contribution in [3.63, 3.8) is 0 Å². The van der Waals surface area contributed by atoms with Crippen molar-refractivity contribution in [2.24, 2.45) is 0 Å². The molecule has 0 amide bonds. The zero-order chi connectivity index (χ0) is 9.94. The Balaban J connectivity index is 3.31. The molecular formula is C12H22O. The molecule has 0 aromatic carbocycles. The third-order valence-electron chi connectivity index (χ3n) is 1.99. The third-order valence-corrected chi connectivity index (χ3v) is 1.99. The molecule has 0 aliphatic carbocycles. The molecule has 0 fully saturated rings. The van der Waals surface area contributed by atoms with Crippen molar-refractivity contribution in [2.45, 2.75) is 46.0 Å². The van der Waals surface area contributed by atoms with Crippen LogP contribution in [0.15, 0.2) is 23.8 Å². The molecule has 0 atom stereocenters. The Morgan fingerprint density at radius 3 is 2.62 bits per heavy atom. The molecule has 0 saturated carbocycles. The molecule has 0 radical (unpaired) electrons. The number of aliphatic hydroxyl groups is 1. The first kappa shape index (κ1) is 12.4. The lowest BCUT2D eigenvalue weighted by molar-refractivity contribution is 0.331. The molecule has 76 valence electrons. The molecule has 0 spiro atoms. The molecule has 0 saturated heterocycles. The Labute approximate surface area is 82.2 Å². The van der Waals surface area contributed by atoms with Crippen LogP contribution in [0.2, 0.25) is 0 Å². The molecule has 0 unspecified atom stereocenters. The quantitative estimate of drug-likeness (QED) is 0.472. The summed E-state index contributed by atoms with van der Waals surface area (Å²) in [5.41, 5.74) is 1.02. The van der Waals surface area contributed by atoms with Gasteiger partial charge in [0.1, 0.15) is 0 Å². The SMILES string of the molecule is CCCCCC/C=C/C=C(\C)CO. The van der Waals surface area contributed by atoms with Crippen LogP contribution in [0, 0.1) is 0 Å². The Morgan fingerprint density at radius 2 is 2.00 bits per heavy atom. The predicted octanol–water partition coefficient (Wildman–Crippen LogP) is 3.45. The molecule has 0 heterocycles. The molecule has 0 aromatic rings. The Bertz CT molecular complexity index is 157. The second-order valence-corrected chi connectivity index (χ2v) is 3.45. The lowest BCUT2D eigenvalue weighted by Gasteiger charge is -1.93. The maximum atomic E-state index is 8.71. The molecular weight excluding hydrogens is 160 g/mol. The van der Waals surface area contributed by atoms with Crippen molar-refractivity contribution in [3.05, 3.63) is 23.8 Å². The molecule has 0 rings (SSSR count). The maximum absolute atomic E-state index is 8.71. The summed E-state index contributed by atoms with van der Waals surface area (Å²) in [5, 5.41) is 8.71. The first-order valence-corrected chi connectivity index (χ1v) is 5.24. The van der Waals surface area contributed by atoms with Gasteiger partial charge in [-0.05, 0) is 25.3 Å². The standard InChI is InChI=1S/C12H22O/c1-3-4-5-6-7-8-9-10-12(2)11-13/h8-10,13H,3-7,11H2,1-2H3/b9-8+,12-10+. The van der Waals surface area contributed by atoms with E-state index in [1.165, 1.54) is 25.7 Å². The molecule has 1 nitrogen and oxygen atoms in total. The number of aliphatic hydroxyl groups excluding tert-OH is 1. The number of rotatable bonds is 7. The van der Waals surface area contributed by atoms with E-state index in [-0.39, 0.29) is 6.61 Å². The van der Waals surface area contributed by atoms with E-state index in [0.29, 0.717) is 0 Å². The first-order chi connectivity index (χ1) is 6.31. The molecule has 1 N–H and O–H groups in total.